The van der Waals surface area contributed by atoms with Gasteiger partial charge < -0.3 is 5.73 Å². The van der Waals surface area contributed by atoms with Crippen LogP contribution in [-0.2, 0) is 0 Å². The number of benzene rings is 1. The third-order valence-electron chi connectivity index (χ3n) is 3.91. The van der Waals surface area contributed by atoms with E-state index in [1.54, 1.807) is 11.3 Å². The normalized spacial score (nSPS) is 17.9. The van der Waals surface area contributed by atoms with Gasteiger partial charge in [-0.3, -0.25) is 4.79 Å². The molecule has 2 aromatic rings. The minimum atomic E-state index is -0.266. The average molecular weight is 245 g/mol. The van der Waals surface area contributed by atoms with Crippen LogP contribution in [0.5, 0.6) is 0 Å². The maximum atomic E-state index is 12.6. The van der Waals surface area contributed by atoms with Gasteiger partial charge >= 0.3 is 0 Å². The van der Waals surface area contributed by atoms with E-state index in [9.17, 15) is 4.79 Å². The molecule has 1 heterocycles. The van der Waals surface area contributed by atoms with E-state index < -0.39 is 0 Å². The van der Waals surface area contributed by atoms with Gasteiger partial charge in [-0.1, -0.05) is 18.6 Å². The fourth-order valence-corrected chi connectivity index (χ4v) is 3.50. The first kappa shape index (κ1) is 10.9. The number of carbonyl (C=O) groups excluding carboxylic acids is 1. The van der Waals surface area contributed by atoms with Crippen molar-refractivity contribution in [2.45, 2.75) is 19.3 Å². The molecule has 1 aromatic heterocycles. The van der Waals surface area contributed by atoms with Crippen LogP contribution in [0.3, 0.4) is 0 Å². The maximum absolute atomic E-state index is 12.6. The molecule has 1 aliphatic carbocycles. The Hall–Kier alpha value is -1.19. The zero-order chi connectivity index (χ0) is 11.9. The number of fused-ring (bicyclic) bond motifs is 1. The van der Waals surface area contributed by atoms with Crippen LogP contribution in [0.25, 0.3) is 10.1 Å². The van der Waals surface area contributed by atoms with Crippen molar-refractivity contribution >= 4 is 27.2 Å². The van der Waals surface area contributed by atoms with Crippen molar-refractivity contribution in [3.8, 4) is 0 Å². The Kier molecular flexibility index (Phi) is 2.53. The first-order valence-electron chi connectivity index (χ1n) is 5.98. The Morgan fingerprint density at radius 2 is 2.18 bits per heavy atom. The number of nitrogens with two attached hydrogens (primary N) is 1. The topological polar surface area (TPSA) is 43.1 Å². The maximum Gasteiger partial charge on any atom is 0.171 e. The smallest absolute Gasteiger partial charge is 0.171 e. The fourth-order valence-electron chi connectivity index (χ4n) is 2.58. The van der Waals surface area contributed by atoms with Crippen molar-refractivity contribution in [1.29, 1.82) is 0 Å². The predicted molar refractivity (Wildman–Crippen MR) is 71.5 cm³/mol. The zero-order valence-electron chi connectivity index (χ0n) is 9.61. The van der Waals surface area contributed by atoms with Crippen LogP contribution in [0.1, 0.15) is 29.6 Å². The molecule has 3 rings (SSSR count). The van der Waals surface area contributed by atoms with Gasteiger partial charge in [-0.25, -0.2) is 0 Å². The first-order valence-corrected chi connectivity index (χ1v) is 6.86. The lowest BCUT2D eigenvalue weighted by Crippen LogP contribution is -2.44. The van der Waals surface area contributed by atoms with Gasteiger partial charge in [0, 0.05) is 22.2 Å². The summed E-state index contributed by atoms with van der Waals surface area (Å²) in [6.07, 6.45) is 3.03. The molecule has 0 spiro atoms. The molecule has 1 fully saturated rings. The van der Waals surface area contributed by atoms with Gasteiger partial charge in [0.05, 0.1) is 0 Å². The number of hydrogen-bond acceptors (Lipinski definition) is 3. The molecule has 3 heteroatoms. The number of thiophene rings is 1. The van der Waals surface area contributed by atoms with Gasteiger partial charge in [0.25, 0.3) is 0 Å². The molecular weight excluding hydrogens is 230 g/mol. The van der Waals surface area contributed by atoms with Crippen molar-refractivity contribution < 1.29 is 4.79 Å². The van der Waals surface area contributed by atoms with E-state index in [-0.39, 0.29) is 11.2 Å². The Morgan fingerprint density at radius 3 is 2.82 bits per heavy atom. The summed E-state index contributed by atoms with van der Waals surface area (Å²) in [7, 11) is 0. The van der Waals surface area contributed by atoms with Gasteiger partial charge in [0.1, 0.15) is 0 Å². The summed E-state index contributed by atoms with van der Waals surface area (Å²) in [6.45, 7) is 0.480. The third-order valence-corrected chi connectivity index (χ3v) is 4.87. The number of Topliss-reactive ketones (excluding diaryl/α,β-unsaturated/α-hetero) is 1. The monoisotopic (exact) mass is 245 g/mol. The number of ketones is 1. The van der Waals surface area contributed by atoms with Crippen molar-refractivity contribution in [3.63, 3.8) is 0 Å². The molecule has 1 aliphatic rings. The molecule has 0 aliphatic heterocycles. The second-order valence-corrected chi connectivity index (χ2v) is 5.73. The van der Waals surface area contributed by atoms with Crippen LogP contribution in [-0.4, -0.2) is 12.3 Å². The van der Waals surface area contributed by atoms with E-state index in [0.29, 0.717) is 6.54 Å². The molecule has 0 radical (unpaired) electrons. The van der Waals surface area contributed by atoms with Gasteiger partial charge in [0.15, 0.2) is 5.78 Å². The van der Waals surface area contributed by atoms with Crippen molar-refractivity contribution in [2.24, 2.45) is 11.1 Å². The summed E-state index contributed by atoms with van der Waals surface area (Å²) in [4.78, 5) is 12.6. The number of hydrogen-bond donors (Lipinski definition) is 1. The highest BCUT2D eigenvalue weighted by Crippen LogP contribution is 2.44. The third kappa shape index (κ3) is 1.53. The molecule has 0 atom stereocenters. The quantitative estimate of drug-likeness (QED) is 0.844. The van der Waals surface area contributed by atoms with Crippen molar-refractivity contribution in [1.82, 2.24) is 0 Å². The lowest BCUT2D eigenvalue weighted by Gasteiger charge is -2.39. The number of carbonyl (C=O) groups is 1. The van der Waals surface area contributed by atoms with Crippen LogP contribution >= 0.6 is 11.3 Å². The molecular formula is C14H15NOS. The molecule has 17 heavy (non-hydrogen) atoms. The van der Waals surface area contributed by atoms with E-state index in [2.05, 4.69) is 12.1 Å². The molecule has 0 unspecified atom stereocenters. The molecule has 0 saturated heterocycles. The summed E-state index contributed by atoms with van der Waals surface area (Å²) in [5.74, 6) is 0.249. The van der Waals surface area contributed by atoms with Crippen LogP contribution in [0, 0.1) is 5.41 Å². The Labute approximate surface area is 104 Å². The van der Waals surface area contributed by atoms with Gasteiger partial charge in [-0.15, -0.1) is 11.3 Å². The minimum absolute atomic E-state index is 0.249. The highest BCUT2D eigenvalue weighted by Gasteiger charge is 2.43. The molecule has 0 bridgehead atoms. The van der Waals surface area contributed by atoms with E-state index in [0.717, 1.165) is 34.9 Å². The first-order chi connectivity index (χ1) is 8.27. The second-order valence-electron chi connectivity index (χ2n) is 4.81. The number of rotatable bonds is 3. The zero-order valence-corrected chi connectivity index (χ0v) is 10.4. The second kappa shape index (κ2) is 3.93. The highest BCUT2D eigenvalue weighted by molar-refractivity contribution is 7.17. The Morgan fingerprint density at radius 1 is 1.35 bits per heavy atom. The van der Waals surface area contributed by atoms with E-state index in [1.807, 2.05) is 17.5 Å². The lowest BCUT2D eigenvalue weighted by atomic mass is 9.64. The molecule has 2 N–H and O–H groups in total. The predicted octanol–water partition coefficient (Wildman–Crippen LogP) is 3.21. The Bertz CT molecular complexity index is 563. The van der Waals surface area contributed by atoms with Crippen LogP contribution < -0.4 is 5.73 Å². The summed E-state index contributed by atoms with van der Waals surface area (Å²) >= 11 is 1.64. The van der Waals surface area contributed by atoms with Gasteiger partial charge in [0.2, 0.25) is 0 Å². The van der Waals surface area contributed by atoms with Crippen LogP contribution in [0.2, 0.25) is 0 Å². The standard InChI is InChI=1S/C14H15NOS/c15-9-14(6-2-7-14)13(16)11-4-1-3-10-5-8-17-12(10)11/h1,3-5,8H,2,6-7,9,15H2. The van der Waals surface area contributed by atoms with E-state index >= 15 is 0 Å². The minimum Gasteiger partial charge on any atom is -0.329 e. The average Bonchev–Trinajstić information content (AvgIpc) is 2.75. The van der Waals surface area contributed by atoms with Crippen molar-refractivity contribution in [2.75, 3.05) is 6.54 Å². The fraction of sp³-hybridized carbons (Fsp3) is 0.357. The summed E-state index contributed by atoms with van der Waals surface area (Å²) in [5.41, 5.74) is 6.41. The summed E-state index contributed by atoms with van der Waals surface area (Å²) in [5, 5.41) is 3.20. The lowest BCUT2D eigenvalue weighted by molar-refractivity contribution is 0.0638. The molecule has 88 valence electrons. The van der Waals surface area contributed by atoms with E-state index in [4.69, 9.17) is 5.73 Å². The molecule has 2 nitrogen and oxygen atoms in total. The van der Waals surface area contributed by atoms with Crippen LogP contribution in [0.4, 0.5) is 0 Å². The van der Waals surface area contributed by atoms with Crippen LogP contribution in [0.15, 0.2) is 29.6 Å². The van der Waals surface area contributed by atoms with E-state index in [1.165, 1.54) is 0 Å². The van der Waals surface area contributed by atoms with Gasteiger partial charge in [-0.05, 0) is 35.7 Å². The summed E-state index contributed by atoms with van der Waals surface area (Å²) in [6, 6.07) is 8.02. The van der Waals surface area contributed by atoms with Crippen molar-refractivity contribution in [3.05, 3.63) is 35.2 Å². The molecule has 1 aromatic carbocycles. The highest BCUT2D eigenvalue weighted by atomic mass is 32.1. The summed E-state index contributed by atoms with van der Waals surface area (Å²) < 4.78 is 1.11. The molecule has 1 saturated carbocycles. The SMILES string of the molecule is NCC1(C(=O)c2cccc3ccsc23)CCC1. The molecule has 0 amide bonds. The largest absolute Gasteiger partial charge is 0.329 e. The Balaban J connectivity index is 2.09. The van der Waals surface area contributed by atoms with Gasteiger partial charge in [-0.2, -0.15) is 0 Å².